The van der Waals surface area contributed by atoms with Crippen molar-refractivity contribution in [3.8, 4) is 11.4 Å². The minimum Gasteiger partial charge on any atom is -0.489 e. The SMILES string of the molecule is Fc1ccc(COc2ccccc2CNCCSc2nnnn2-c2ccccc2)cc1. The zero-order chi connectivity index (χ0) is 21.3. The third kappa shape index (κ3) is 5.90. The fourth-order valence-corrected chi connectivity index (χ4v) is 3.76. The van der Waals surface area contributed by atoms with Gasteiger partial charge in [0.05, 0.1) is 5.69 Å². The molecule has 0 fully saturated rings. The van der Waals surface area contributed by atoms with E-state index in [0.29, 0.717) is 13.2 Å². The summed E-state index contributed by atoms with van der Waals surface area (Å²) in [6.45, 7) is 1.87. The van der Waals surface area contributed by atoms with Crippen LogP contribution < -0.4 is 10.1 Å². The molecule has 4 rings (SSSR count). The number of nitrogens with one attached hydrogen (secondary N) is 1. The molecule has 0 atom stereocenters. The maximum atomic E-state index is 13.1. The fourth-order valence-electron chi connectivity index (χ4n) is 2.97. The van der Waals surface area contributed by atoms with Crippen molar-refractivity contribution in [3.63, 3.8) is 0 Å². The Kier molecular flexibility index (Phi) is 7.25. The van der Waals surface area contributed by atoms with Gasteiger partial charge in [0.25, 0.3) is 0 Å². The van der Waals surface area contributed by atoms with Gasteiger partial charge in [0.15, 0.2) is 0 Å². The summed E-state index contributed by atoms with van der Waals surface area (Å²) in [4.78, 5) is 0. The highest BCUT2D eigenvalue weighted by molar-refractivity contribution is 7.99. The average molecular weight is 436 g/mol. The highest BCUT2D eigenvalue weighted by Gasteiger charge is 2.08. The quantitative estimate of drug-likeness (QED) is 0.297. The van der Waals surface area contributed by atoms with Gasteiger partial charge in [-0.2, -0.15) is 4.68 Å². The summed E-state index contributed by atoms with van der Waals surface area (Å²) in [5, 5.41) is 16.2. The number of para-hydroxylation sites is 2. The van der Waals surface area contributed by atoms with Crippen LogP contribution in [0, 0.1) is 5.82 Å². The molecule has 3 aromatic carbocycles. The lowest BCUT2D eigenvalue weighted by Crippen LogP contribution is -2.17. The first-order chi connectivity index (χ1) is 15.3. The minimum absolute atomic E-state index is 0.246. The lowest BCUT2D eigenvalue weighted by molar-refractivity contribution is 0.302. The maximum Gasteiger partial charge on any atom is 0.214 e. The van der Waals surface area contributed by atoms with Crippen LogP contribution in [0.15, 0.2) is 84.0 Å². The molecule has 6 nitrogen and oxygen atoms in total. The van der Waals surface area contributed by atoms with Crippen molar-refractivity contribution in [3.05, 3.63) is 95.8 Å². The van der Waals surface area contributed by atoms with Crippen LogP contribution in [0.2, 0.25) is 0 Å². The Morgan fingerprint density at radius 1 is 0.935 bits per heavy atom. The molecule has 1 heterocycles. The molecule has 0 bridgehead atoms. The third-order valence-corrected chi connectivity index (χ3v) is 5.47. The van der Waals surface area contributed by atoms with Gasteiger partial charge in [-0.25, -0.2) is 4.39 Å². The second-order valence-electron chi connectivity index (χ2n) is 6.76. The van der Waals surface area contributed by atoms with E-state index in [1.165, 1.54) is 12.1 Å². The van der Waals surface area contributed by atoms with Gasteiger partial charge in [-0.15, -0.1) is 5.10 Å². The maximum absolute atomic E-state index is 13.1. The summed E-state index contributed by atoms with van der Waals surface area (Å²) in [5.41, 5.74) is 2.94. The van der Waals surface area contributed by atoms with Crippen molar-refractivity contribution in [1.29, 1.82) is 0 Å². The van der Waals surface area contributed by atoms with Gasteiger partial charge < -0.3 is 10.1 Å². The van der Waals surface area contributed by atoms with E-state index in [1.807, 2.05) is 54.6 Å². The molecular formula is C23H22FN5OS. The minimum atomic E-state index is -0.246. The first kappa shape index (κ1) is 21.0. The number of hydrogen-bond donors (Lipinski definition) is 1. The number of nitrogens with zero attached hydrogens (tertiary/aromatic N) is 4. The predicted octanol–water partition coefficient (Wildman–Crippen LogP) is 4.26. The number of halogens is 1. The standard InChI is InChI=1S/C23H22FN5OS/c24-20-12-10-18(11-13-20)17-30-22-9-5-4-6-19(22)16-25-14-15-31-23-26-27-28-29(23)21-7-2-1-3-8-21/h1-13,25H,14-17H2. The van der Waals surface area contributed by atoms with Crippen LogP contribution in [-0.2, 0) is 13.2 Å². The molecule has 0 saturated heterocycles. The van der Waals surface area contributed by atoms with Crippen LogP contribution in [-0.4, -0.2) is 32.5 Å². The molecule has 1 N–H and O–H groups in total. The zero-order valence-electron chi connectivity index (χ0n) is 16.8. The number of thioether (sulfide) groups is 1. The number of hydrogen-bond acceptors (Lipinski definition) is 6. The molecule has 4 aromatic rings. The van der Waals surface area contributed by atoms with Crippen LogP contribution in [0.1, 0.15) is 11.1 Å². The number of rotatable bonds is 10. The van der Waals surface area contributed by atoms with Crippen LogP contribution in [0.25, 0.3) is 5.69 Å². The summed E-state index contributed by atoms with van der Waals surface area (Å²) in [7, 11) is 0. The highest BCUT2D eigenvalue weighted by Crippen LogP contribution is 2.20. The van der Waals surface area contributed by atoms with Crippen LogP contribution in [0.3, 0.4) is 0 Å². The van der Waals surface area contributed by atoms with E-state index in [-0.39, 0.29) is 5.82 Å². The number of ether oxygens (including phenoxy) is 1. The number of aromatic nitrogens is 4. The van der Waals surface area contributed by atoms with Crippen molar-refractivity contribution in [2.75, 3.05) is 12.3 Å². The van der Waals surface area contributed by atoms with E-state index in [2.05, 4.69) is 20.8 Å². The Morgan fingerprint density at radius 2 is 1.71 bits per heavy atom. The molecule has 0 saturated carbocycles. The van der Waals surface area contributed by atoms with Crippen LogP contribution in [0.5, 0.6) is 5.75 Å². The molecule has 31 heavy (non-hydrogen) atoms. The first-order valence-electron chi connectivity index (χ1n) is 9.92. The fraction of sp³-hybridized carbons (Fsp3) is 0.174. The van der Waals surface area contributed by atoms with Gasteiger partial charge in [0.2, 0.25) is 5.16 Å². The Balaban J connectivity index is 1.25. The van der Waals surface area contributed by atoms with Crippen molar-refractivity contribution >= 4 is 11.8 Å². The zero-order valence-corrected chi connectivity index (χ0v) is 17.6. The Morgan fingerprint density at radius 3 is 2.55 bits per heavy atom. The van der Waals surface area contributed by atoms with Crippen LogP contribution >= 0.6 is 11.8 Å². The Bertz CT molecular complexity index is 1090. The second kappa shape index (κ2) is 10.7. The van der Waals surface area contributed by atoms with Gasteiger partial charge in [0.1, 0.15) is 18.2 Å². The monoisotopic (exact) mass is 435 g/mol. The summed E-state index contributed by atoms with van der Waals surface area (Å²) < 4.78 is 20.7. The highest BCUT2D eigenvalue weighted by atomic mass is 32.2. The summed E-state index contributed by atoms with van der Waals surface area (Å²) in [6.07, 6.45) is 0. The van der Waals surface area contributed by atoms with Gasteiger partial charge in [-0.05, 0) is 46.3 Å². The second-order valence-corrected chi connectivity index (χ2v) is 7.82. The molecule has 0 aliphatic carbocycles. The van der Waals surface area contributed by atoms with Crippen molar-refractivity contribution < 1.29 is 9.13 Å². The topological polar surface area (TPSA) is 64.9 Å². The van der Waals surface area contributed by atoms with Crippen molar-refractivity contribution in [2.45, 2.75) is 18.3 Å². The molecule has 1 aromatic heterocycles. The smallest absolute Gasteiger partial charge is 0.214 e. The van der Waals surface area contributed by atoms with E-state index in [9.17, 15) is 4.39 Å². The van der Waals surface area contributed by atoms with E-state index < -0.39 is 0 Å². The average Bonchev–Trinajstić information content (AvgIpc) is 3.28. The summed E-state index contributed by atoms with van der Waals surface area (Å²) in [5.74, 6) is 1.40. The lowest BCUT2D eigenvalue weighted by atomic mass is 10.2. The van der Waals surface area contributed by atoms with Crippen molar-refractivity contribution in [1.82, 2.24) is 25.5 Å². The largest absolute Gasteiger partial charge is 0.489 e. The normalized spacial score (nSPS) is 10.9. The molecule has 0 aliphatic rings. The molecular weight excluding hydrogens is 413 g/mol. The van der Waals surface area contributed by atoms with Gasteiger partial charge >= 0.3 is 0 Å². The van der Waals surface area contributed by atoms with E-state index in [1.54, 1.807) is 28.6 Å². The molecule has 0 amide bonds. The Labute approximate surface area is 184 Å². The van der Waals surface area contributed by atoms with E-state index in [4.69, 9.17) is 4.74 Å². The predicted molar refractivity (Wildman–Crippen MR) is 119 cm³/mol. The summed E-state index contributed by atoms with van der Waals surface area (Å²) >= 11 is 1.60. The van der Waals surface area contributed by atoms with E-state index >= 15 is 0 Å². The first-order valence-corrected chi connectivity index (χ1v) is 10.9. The van der Waals surface area contributed by atoms with E-state index in [0.717, 1.165) is 40.0 Å². The lowest BCUT2D eigenvalue weighted by Gasteiger charge is -2.12. The van der Waals surface area contributed by atoms with Gasteiger partial charge in [-0.3, -0.25) is 0 Å². The molecule has 8 heteroatoms. The summed E-state index contributed by atoms with van der Waals surface area (Å²) in [6, 6.07) is 24.1. The number of benzene rings is 3. The van der Waals surface area contributed by atoms with Crippen LogP contribution in [0.4, 0.5) is 4.39 Å². The molecule has 0 spiro atoms. The molecule has 0 radical (unpaired) electrons. The Hall–Kier alpha value is -3.23. The molecule has 0 aliphatic heterocycles. The van der Waals surface area contributed by atoms with Crippen molar-refractivity contribution in [2.24, 2.45) is 0 Å². The molecule has 0 unspecified atom stereocenters. The third-order valence-electron chi connectivity index (χ3n) is 4.55. The number of tetrazole rings is 1. The van der Waals surface area contributed by atoms with Gasteiger partial charge in [0, 0.05) is 24.4 Å². The molecule has 158 valence electrons. The van der Waals surface area contributed by atoms with Gasteiger partial charge in [-0.1, -0.05) is 60.3 Å².